The summed E-state index contributed by atoms with van der Waals surface area (Å²) in [6.07, 6.45) is 11.1. The summed E-state index contributed by atoms with van der Waals surface area (Å²) in [7, 11) is 1.66. The van der Waals surface area contributed by atoms with E-state index in [0.29, 0.717) is 29.7 Å². The van der Waals surface area contributed by atoms with Crippen LogP contribution >= 0.6 is 11.6 Å². The minimum atomic E-state index is -0.192. The van der Waals surface area contributed by atoms with E-state index in [9.17, 15) is 9.59 Å². The molecule has 7 rings (SSSR count). The van der Waals surface area contributed by atoms with Gasteiger partial charge in [0.2, 0.25) is 0 Å². The molecular formula is C43H44ClN3O4. The van der Waals surface area contributed by atoms with Gasteiger partial charge in [0.1, 0.15) is 24.7 Å². The average Bonchev–Trinajstić information content (AvgIpc) is 3.48. The number of halogens is 1. The maximum atomic E-state index is 13.4. The highest BCUT2D eigenvalue weighted by Gasteiger charge is 2.28. The number of amides is 2. The summed E-state index contributed by atoms with van der Waals surface area (Å²) < 4.78 is 14.0. The van der Waals surface area contributed by atoms with Gasteiger partial charge < -0.3 is 19.4 Å². The molecule has 0 unspecified atom stereocenters. The molecule has 1 aliphatic heterocycles. The molecule has 0 atom stereocenters. The molecule has 1 aliphatic carbocycles. The van der Waals surface area contributed by atoms with Crippen molar-refractivity contribution in [1.29, 1.82) is 0 Å². The van der Waals surface area contributed by atoms with Crippen molar-refractivity contribution < 1.29 is 19.1 Å². The molecule has 7 nitrogen and oxygen atoms in total. The highest BCUT2D eigenvalue weighted by atomic mass is 35.5. The molecule has 1 aromatic heterocycles. The van der Waals surface area contributed by atoms with E-state index in [1.807, 2.05) is 66.7 Å². The van der Waals surface area contributed by atoms with Crippen LogP contribution in [0, 0.1) is 0 Å². The first-order valence-corrected chi connectivity index (χ1v) is 18.5. The lowest BCUT2D eigenvalue weighted by Gasteiger charge is -2.23. The summed E-state index contributed by atoms with van der Waals surface area (Å²) in [6.45, 7) is 1.07. The minimum absolute atomic E-state index is 0.0837. The predicted molar refractivity (Wildman–Crippen MR) is 205 cm³/mol. The summed E-state index contributed by atoms with van der Waals surface area (Å²) in [5.41, 5.74) is 7.87. The summed E-state index contributed by atoms with van der Waals surface area (Å²) in [5.74, 6) is 1.58. The Morgan fingerprint density at radius 1 is 0.804 bits per heavy atom. The summed E-state index contributed by atoms with van der Waals surface area (Å²) in [5, 5.41) is 4.88. The van der Waals surface area contributed by atoms with Gasteiger partial charge in [0.15, 0.2) is 0 Å². The number of hydrogen-bond donors (Lipinski definition) is 1. The molecule has 1 saturated carbocycles. The van der Waals surface area contributed by atoms with Gasteiger partial charge in [-0.25, -0.2) is 4.99 Å². The van der Waals surface area contributed by atoms with Gasteiger partial charge in [-0.05, 0) is 121 Å². The maximum Gasteiger partial charge on any atom is 0.265 e. The van der Waals surface area contributed by atoms with Crippen LogP contribution < -0.4 is 14.8 Å². The molecule has 0 saturated heterocycles. The number of nitrogens with zero attached hydrogens (tertiary/aromatic N) is 2. The molecule has 4 aromatic carbocycles. The standard InChI is InChI=1S/C43H44ClN3O4/c1-50-36-20-22-37(29-11-16-34(44)17-12-29)33(25-36)28-51-35-18-13-31(14-19-35)42-41(30-9-5-4-6-10-30)38-21-15-32-26-39(38)47(42)27-40(48)45-23-7-2-3-8-24-46-43(32)49/h11-23,25-26,30H,2-10,24,27-28H2,1H3,(H,46,49)/b45-23+. The number of benzene rings is 4. The predicted octanol–water partition coefficient (Wildman–Crippen LogP) is 10.2. The van der Waals surface area contributed by atoms with Crippen molar-refractivity contribution in [2.45, 2.75) is 76.9 Å². The van der Waals surface area contributed by atoms with Crippen LogP contribution in [0.5, 0.6) is 11.5 Å². The monoisotopic (exact) mass is 701 g/mol. The number of aliphatic imine (C=N–C) groups is 1. The van der Waals surface area contributed by atoms with E-state index in [-0.39, 0.29) is 18.4 Å². The SMILES string of the molecule is COc1ccc(-c2ccc(Cl)cc2)c(COc2ccc(-c3c(C4CCCCC4)c4ccc5cc4n3CC(=O)/N=C/CCCCCNC5=O)cc2)c1. The molecule has 2 aliphatic rings. The number of aromatic nitrogens is 1. The number of nitrogens with one attached hydrogen (secondary N) is 1. The quantitative estimate of drug-likeness (QED) is 0.183. The van der Waals surface area contributed by atoms with Crippen LogP contribution in [0.4, 0.5) is 0 Å². The molecule has 1 N–H and O–H groups in total. The summed E-state index contributed by atoms with van der Waals surface area (Å²) >= 11 is 6.17. The zero-order valence-corrected chi connectivity index (χ0v) is 29.9. The molecule has 0 radical (unpaired) electrons. The van der Waals surface area contributed by atoms with E-state index < -0.39 is 0 Å². The van der Waals surface area contributed by atoms with Crippen LogP contribution in [0.25, 0.3) is 33.3 Å². The molecule has 0 spiro atoms. The highest BCUT2D eigenvalue weighted by molar-refractivity contribution is 6.30. The molecule has 2 heterocycles. The van der Waals surface area contributed by atoms with Crippen molar-refractivity contribution in [3.8, 4) is 33.9 Å². The van der Waals surface area contributed by atoms with Crippen molar-refractivity contribution >= 4 is 40.5 Å². The van der Waals surface area contributed by atoms with Gasteiger partial charge >= 0.3 is 0 Å². The van der Waals surface area contributed by atoms with Crippen LogP contribution in [0.3, 0.4) is 0 Å². The first kappa shape index (κ1) is 34.6. The van der Waals surface area contributed by atoms with E-state index in [0.717, 1.165) is 88.9 Å². The lowest BCUT2D eigenvalue weighted by molar-refractivity contribution is -0.118. The number of rotatable bonds is 7. The number of ether oxygens (including phenoxy) is 2. The minimum Gasteiger partial charge on any atom is -0.497 e. The largest absolute Gasteiger partial charge is 0.497 e. The van der Waals surface area contributed by atoms with Crippen molar-refractivity contribution in [3.63, 3.8) is 0 Å². The Bertz CT molecular complexity index is 2040. The van der Waals surface area contributed by atoms with Gasteiger partial charge in [-0.3, -0.25) is 9.59 Å². The van der Waals surface area contributed by atoms with Crippen LogP contribution in [0.2, 0.25) is 5.02 Å². The summed E-state index contributed by atoms with van der Waals surface area (Å²) in [4.78, 5) is 31.0. The third kappa shape index (κ3) is 7.89. The van der Waals surface area contributed by atoms with Crippen molar-refractivity contribution in [1.82, 2.24) is 9.88 Å². The van der Waals surface area contributed by atoms with E-state index in [1.54, 1.807) is 13.3 Å². The van der Waals surface area contributed by atoms with Gasteiger partial charge in [-0.2, -0.15) is 0 Å². The Kier molecular flexibility index (Phi) is 10.8. The smallest absolute Gasteiger partial charge is 0.265 e. The van der Waals surface area contributed by atoms with Gasteiger partial charge in [-0.15, -0.1) is 0 Å². The molecular weight excluding hydrogens is 658 g/mol. The topological polar surface area (TPSA) is 81.9 Å². The Labute approximate surface area is 304 Å². The fourth-order valence-electron chi connectivity index (χ4n) is 7.58. The molecule has 5 aromatic rings. The Morgan fingerprint density at radius 2 is 1.53 bits per heavy atom. The molecule has 2 amide bonds. The molecule has 2 bridgehead atoms. The van der Waals surface area contributed by atoms with E-state index in [1.165, 1.54) is 24.8 Å². The third-order valence-electron chi connectivity index (χ3n) is 10.2. The number of fused-ring (bicyclic) bond motifs is 1. The fourth-order valence-corrected chi connectivity index (χ4v) is 7.70. The lowest BCUT2D eigenvalue weighted by atomic mass is 9.81. The molecule has 262 valence electrons. The van der Waals surface area contributed by atoms with Gasteiger partial charge in [0.05, 0.1) is 18.3 Å². The van der Waals surface area contributed by atoms with Gasteiger partial charge in [0.25, 0.3) is 11.8 Å². The van der Waals surface area contributed by atoms with Crippen LogP contribution in [0.1, 0.15) is 85.2 Å². The molecule has 51 heavy (non-hydrogen) atoms. The van der Waals surface area contributed by atoms with Crippen molar-refractivity contribution in [3.05, 3.63) is 107 Å². The van der Waals surface area contributed by atoms with Crippen LogP contribution in [0.15, 0.2) is 89.9 Å². The first-order chi connectivity index (χ1) is 25.0. The van der Waals surface area contributed by atoms with Gasteiger partial charge in [0, 0.05) is 34.3 Å². The number of carbonyl (C=O) groups excluding carboxylic acids is 2. The van der Waals surface area contributed by atoms with Crippen molar-refractivity contribution in [2.75, 3.05) is 13.7 Å². The molecule has 1 fully saturated rings. The summed E-state index contributed by atoms with van der Waals surface area (Å²) in [6, 6.07) is 27.9. The van der Waals surface area contributed by atoms with Crippen molar-refractivity contribution in [2.24, 2.45) is 4.99 Å². The van der Waals surface area contributed by atoms with Gasteiger partial charge in [-0.1, -0.05) is 61.5 Å². The fraction of sp³-hybridized carbons (Fsp3) is 0.326. The second-order valence-corrected chi connectivity index (χ2v) is 14.0. The van der Waals surface area contributed by atoms with Crippen LogP contribution in [-0.4, -0.2) is 36.3 Å². The van der Waals surface area contributed by atoms with E-state index in [4.69, 9.17) is 21.1 Å². The zero-order valence-electron chi connectivity index (χ0n) is 29.1. The second-order valence-electron chi connectivity index (χ2n) is 13.6. The Morgan fingerprint density at radius 3 is 2.31 bits per heavy atom. The highest BCUT2D eigenvalue weighted by Crippen LogP contribution is 2.44. The zero-order chi connectivity index (χ0) is 35.2. The van der Waals surface area contributed by atoms with E-state index in [2.05, 4.69) is 33.1 Å². The van der Waals surface area contributed by atoms with Crippen LogP contribution in [-0.2, 0) is 17.9 Å². The normalized spacial score (nSPS) is 16.7. The number of hydrogen-bond acceptors (Lipinski definition) is 4. The van der Waals surface area contributed by atoms with E-state index >= 15 is 0 Å². The number of carbonyl (C=O) groups is 2. The number of methoxy groups -OCH3 is 1. The first-order valence-electron chi connectivity index (χ1n) is 18.1. The Balaban J connectivity index is 1.26. The molecule has 8 heteroatoms. The second kappa shape index (κ2) is 16.0. The maximum absolute atomic E-state index is 13.4. The Hall–Kier alpha value is -4.88. The lowest BCUT2D eigenvalue weighted by Crippen LogP contribution is -2.24. The third-order valence-corrected chi connectivity index (χ3v) is 10.4. The average molecular weight is 702 g/mol.